The van der Waals surface area contributed by atoms with E-state index in [1.165, 1.54) is 87.6 Å². The molecule has 0 aliphatic heterocycles. The SMILES string of the molecule is CCc1cccc2ccccc12.CCc1cccc2ccccc12.CCc1cccc2ccccc12.CCc1cccc2ccccc12.OCCOc1ccc(C2(c3ccc(OCCO)cc3)c3ccccc3-c3ccccc32)cc1. The number of ether oxygens (including phenoxy) is 2. The van der Waals surface area contributed by atoms with Crippen LogP contribution in [0.4, 0.5) is 0 Å². The van der Waals surface area contributed by atoms with E-state index in [-0.39, 0.29) is 26.4 Å². The summed E-state index contributed by atoms with van der Waals surface area (Å²) in [5.41, 5.74) is 12.5. The molecule has 0 bridgehead atoms. The summed E-state index contributed by atoms with van der Waals surface area (Å²) in [6, 6.07) is 93.5. The number of benzene rings is 12. The van der Waals surface area contributed by atoms with Crippen LogP contribution in [0.5, 0.6) is 11.5 Å². The van der Waals surface area contributed by atoms with Gasteiger partial charge < -0.3 is 19.7 Å². The van der Waals surface area contributed by atoms with Crippen LogP contribution in [-0.4, -0.2) is 36.6 Å². The lowest BCUT2D eigenvalue weighted by molar-refractivity contribution is 0.201. The van der Waals surface area contributed by atoms with Gasteiger partial charge in [-0.3, -0.25) is 0 Å². The molecule has 1 aliphatic rings. The Labute approximate surface area is 479 Å². The fraction of sp³-hybridized carbons (Fsp3) is 0.169. The summed E-state index contributed by atoms with van der Waals surface area (Å²) in [5.74, 6) is 1.46. The normalized spacial score (nSPS) is 11.6. The Balaban J connectivity index is 0.000000136. The first-order chi connectivity index (χ1) is 39.9. The van der Waals surface area contributed by atoms with Gasteiger partial charge in [0.2, 0.25) is 0 Å². The van der Waals surface area contributed by atoms with Gasteiger partial charge in [-0.2, -0.15) is 0 Å². The quantitative estimate of drug-likeness (QED) is 0.128. The van der Waals surface area contributed by atoms with Crippen molar-refractivity contribution in [1.82, 2.24) is 0 Å². The van der Waals surface area contributed by atoms with Crippen LogP contribution in [0.3, 0.4) is 0 Å². The zero-order chi connectivity index (χ0) is 56.2. The Morgan fingerprint density at radius 2 is 0.543 bits per heavy atom. The number of aryl methyl sites for hydroxylation is 4. The molecule has 4 nitrogen and oxygen atoms in total. The molecule has 0 atom stereocenters. The third-order valence-corrected chi connectivity index (χ3v) is 15.3. The molecule has 0 aromatic heterocycles. The van der Waals surface area contributed by atoms with Crippen LogP contribution in [0.1, 0.15) is 72.2 Å². The minimum Gasteiger partial charge on any atom is -0.491 e. The van der Waals surface area contributed by atoms with Crippen LogP contribution in [0, 0.1) is 0 Å². The largest absolute Gasteiger partial charge is 0.491 e. The molecule has 2 N–H and O–H groups in total. The maximum absolute atomic E-state index is 9.09. The highest BCUT2D eigenvalue weighted by Gasteiger charge is 2.45. The van der Waals surface area contributed by atoms with Crippen LogP contribution in [0.2, 0.25) is 0 Å². The molecule has 0 unspecified atom stereocenters. The maximum atomic E-state index is 9.09. The summed E-state index contributed by atoms with van der Waals surface area (Å²) in [6.45, 7) is 9.29. The van der Waals surface area contributed by atoms with Gasteiger partial charge in [0.1, 0.15) is 24.7 Å². The molecule has 0 amide bonds. The van der Waals surface area contributed by atoms with Crippen molar-refractivity contribution in [3.8, 4) is 22.6 Å². The molecule has 81 heavy (non-hydrogen) atoms. The van der Waals surface area contributed by atoms with Gasteiger partial charge in [-0.15, -0.1) is 0 Å². The fourth-order valence-corrected chi connectivity index (χ4v) is 11.4. The van der Waals surface area contributed by atoms with Gasteiger partial charge in [0.05, 0.1) is 18.6 Å². The Bertz CT molecular complexity index is 3480. The van der Waals surface area contributed by atoms with E-state index in [4.69, 9.17) is 19.7 Å². The number of aliphatic hydroxyl groups is 2. The van der Waals surface area contributed by atoms with Crippen LogP contribution in [-0.2, 0) is 31.1 Å². The second-order valence-electron chi connectivity index (χ2n) is 20.0. The van der Waals surface area contributed by atoms with Crippen LogP contribution < -0.4 is 9.47 Å². The van der Waals surface area contributed by atoms with Crippen molar-refractivity contribution in [2.45, 2.75) is 58.8 Å². The summed E-state index contributed by atoms with van der Waals surface area (Å²) in [6.07, 6.45) is 4.45. The smallest absolute Gasteiger partial charge is 0.119 e. The monoisotopic (exact) mass is 1060 g/mol. The van der Waals surface area contributed by atoms with Gasteiger partial charge in [0, 0.05) is 0 Å². The van der Waals surface area contributed by atoms with E-state index >= 15 is 0 Å². The topological polar surface area (TPSA) is 58.9 Å². The molecule has 12 aromatic rings. The second kappa shape index (κ2) is 28.4. The Kier molecular flexibility index (Phi) is 19.9. The Morgan fingerprint density at radius 3 is 0.827 bits per heavy atom. The van der Waals surface area contributed by atoms with Gasteiger partial charge in [0.15, 0.2) is 0 Å². The molecule has 0 radical (unpaired) electrons. The Hall–Kier alpha value is -8.80. The van der Waals surface area contributed by atoms with E-state index in [1.807, 2.05) is 24.3 Å². The molecule has 12 aromatic carbocycles. The Morgan fingerprint density at radius 1 is 0.284 bits per heavy atom. The van der Waals surface area contributed by atoms with Crippen molar-refractivity contribution in [2.24, 2.45) is 0 Å². The molecule has 0 saturated carbocycles. The van der Waals surface area contributed by atoms with Crippen molar-refractivity contribution in [3.63, 3.8) is 0 Å². The summed E-state index contributed by atoms with van der Waals surface area (Å²) >= 11 is 0. The first kappa shape index (κ1) is 56.9. The van der Waals surface area contributed by atoms with Crippen molar-refractivity contribution < 1.29 is 19.7 Å². The highest BCUT2D eigenvalue weighted by atomic mass is 16.5. The third kappa shape index (κ3) is 13.1. The predicted octanol–water partition coefficient (Wildman–Crippen LogP) is 18.4. The van der Waals surface area contributed by atoms with E-state index in [1.54, 1.807) is 0 Å². The minimum absolute atomic E-state index is 0.0167. The molecule has 0 saturated heterocycles. The zero-order valence-electron chi connectivity index (χ0n) is 47.3. The van der Waals surface area contributed by atoms with E-state index in [2.05, 4.69) is 270 Å². The molecule has 0 fully saturated rings. The molecule has 4 heteroatoms. The van der Waals surface area contributed by atoms with Gasteiger partial charge in [-0.05, 0) is 149 Å². The van der Waals surface area contributed by atoms with E-state index in [0.717, 1.165) is 48.3 Å². The number of rotatable bonds is 12. The summed E-state index contributed by atoms with van der Waals surface area (Å²) in [7, 11) is 0. The lowest BCUT2D eigenvalue weighted by Gasteiger charge is -2.34. The third-order valence-electron chi connectivity index (χ3n) is 15.3. The fourth-order valence-electron chi connectivity index (χ4n) is 11.4. The predicted molar refractivity (Wildman–Crippen MR) is 342 cm³/mol. The summed E-state index contributed by atoms with van der Waals surface area (Å²) in [4.78, 5) is 0. The highest BCUT2D eigenvalue weighted by Crippen LogP contribution is 2.56. The van der Waals surface area contributed by atoms with E-state index in [9.17, 15) is 0 Å². The molecule has 1 aliphatic carbocycles. The molecule has 0 spiro atoms. The van der Waals surface area contributed by atoms with Crippen molar-refractivity contribution in [1.29, 1.82) is 0 Å². The van der Waals surface area contributed by atoms with Crippen molar-refractivity contribution in [3.05, 3.63) is 311 Å². The molecular formula is C77H74O4. The van der Waals surface area contributed by atoms with Crippen molar-refractivity contribution in [2.75, 3.05) is 26.4 Å². The first-order valence-electron chi connectivity index (χ1n) is 28.7. The molecule has 406 valence electrons. The summed E-state index contributed by atoms with van der Waals surface area (Å²) in [5, 5.41) is 29.1. The maximum Gasteiger partial charge on any atom is 0.119 e. The van der Waals surface area contributed by atoms with Crippen molar-refractivity contribution >= 4 is 43.1 Å². The molecule has 0 heterocycles. The van der Waals surface area contributed by atoms with Crippen LogP contribution in [0.25, 0.3) is 54.2 Å². The minimum atomic E-state index is -0.488. The van der Waals surface area contributed by atoms with Gasteiger partial charge >= 0.3 is 0 Å². The van der Waals surface area contributed by atoms with E-state index < -0.39 is 5.41 Å². The van der Waals surface area contributed by atoms with Crippen LogP contribution in [0.15, 0.2) is 267 Å². The highest BCUT2D eigenvalue weighted by molar-refractivity contribution is 5.89. The van der Waals surface area contributed by atoms with E-state index in [0.29, 0.717) is 0 Å². The lowest BCUT2D eigenvalue weighted by atomic mass is 9.68. The standard InChI is InChI=1S/C29H26O4.4C12H12/c30-17-19-32-23-13-9-21(10-14-23)29(22-11-15-24(16-12-22)33-20-18-31)27-7-3-1-5-25(27)26-6-2-4-8-28(26)29;4*1-2-10-7-5-8-11-6-3-4-9-12(10)11/h1-16,30-31H,17-20H2;4*3-9H,2H2,1H3. The number of hydrogen-bond acceptors (Lipinski definition) is 4. The van der Waals surface area contributed by atoms with Gasteiger partial charge in [0.25, 0.3) is 0 Å². The summed E-state index contributed by atoms with van der Waals surface area (Å²) < 4.78 is 11.2. The number of fused-ring (bicyclic) bond motifs is 7. The second-order valence-corrected chi connectivity index (χ2v) is 20.0. The zero-order valence-corrected chi connectivity index (χ0v) is 47.3. The average molecular weight is 1060 g/mol. The molecule has 13 rings (SSSR count). The number of hydrogen-bond donors (Lipinski definition) is 2. The molecular weight excluding hydrogens is 989 g/mol. The first-order valence-corrected chi connectivity index (χ1v) is 28.7. The lowest BCUT2D eigenvalue weighted by Crippen LogP contribution is -2.28. The van der Waals surface area contributed by atoms with Crippen LogP contribution >= 0.6 is 0 Å². The van der Waals surface area contributed by atoms with Gasteiger partial charge in [-0.1, -0.05) is 270 Å². The number of aliphatic hydroxyl groups excluding tert-OH is 2. The van der Waals surface area contributed by atoms with Gasteiger partial charge in [-0.25, -0.2) is 0 Å². The average Bonchev–Trinajstić information content (AvgIpc) is 3.88.